The minimum atomic E-state index is -0.166. The molecular formula is C11H12BrN5O. The number of hydrogen-bond donors (Lipinski definition) is 1. The van der Waals surface area contributed by atoms with Crippen LogP contribution in [0, 0.1) is 0 Å². The van der Waals surface area contributed by atoms with Crippen molar-refractivity contribution in [2.45, 2.75) is 13.0 Å². The molecule has 0 radical (unpaired) electrons. The lowest BCUT2D eigenvalue weighted by atomic mass is 10.3. The van der Waals surface area contributed by atoms with Crippen LogP contribution in [0.1, 0.15) is 16.9 Å². The zero-order chi connectivity index (χ0) is 12.8. The van der Waals surface area contributed by atoms with Crippen LogP contribution >= 0.6 is 15.9 Å². The highest BCUT2D eigenvalue weighted by Gasteiger charge is 2.05. The molecule has 0 aliphatic rings. The number of carbonyl (C=O) groups excluding carboxylic acids is 1. The fourth-order valence-corrected chi connectivity index (χ4v) is 1.63. The molecule has 1 amide bonds. The van der Waals surface area contributed by atoms with Gasteiger partial charge in [-0.25, -0.2) is 4.98 Å². The van der Waals surface area contributed by atoms with E-state index in [4.69, 9.17) is 0 Å². The molecule has 2 aromatic heterocycles. The van der Waals surface area contributed by atoms with Gasteiger partial charge in [-0.2, -0.15) is 0 Å². The molecule has 0 atom stereocenters. The third kappa shape index (κ3) is 3.63. The van der Waals surface area contributed by atoms with Gasteiger partial charge < -0.3 is 5.32 Å². The van der Waals surface area contributed by atoms with Crippen LogP contribution in [-0.2, 0) is 6.54 Å². The average molecular weight is 310 g/mol. The van der Waals surface area contributed by atoms with E-state index >= 15 is 0 Å². The predicted octanol–water partition coefficient (Wildman–Crippen LogP) is 1.26. The van der Waals surface area contributed by atoms with Crippen LogP contribution in [0.4, 0.5) is 0 Å². The quantitative estimate of drug-likeness (QED) is 0.844. The van der Waals surface area contributed by atoms with Gasteiger partial charge in [0.25, 0.3) is 5.91 Å². The number of hydrogen-bond acceptors (Lipinski definition) is 4. The molecular weight excluding hydrogens is 298 g/mol. The highest BCUT2D eigenvalue weighted by molar-refractivity contribution is 9.10. The largest absolute Gasteiger partial charge is 0.351 e. The van der Waals surface area contributed by atoms with Crippen molar-refractivity contribution >= 4 is 21.8 Å². The molecule has 0 aliphatic heterocycles. The minimum Gasteiger partial charge on any atom is -0.351 e. The van der Waals surface area contributed by atoms with Gasteiger partial charge in [0.2, 0.25) is 0 Å². The summed E-state index contributed by atoms with van der Waals surface area (Å²) >= 11 is 3.27. The Labute approximate surface area is 113 Å². The van der Waals surface area contributed by atoms with Crippen molar-refractivity contribution < 1.29 is 4.79 Å². The Morgan fingerprint density at radius 2 is 2.33 bits per heavy atom. The fraction of sp³-hybridized carbons (Fsp3) is 0.273. The van der Waals surface area contributed by atoms with Gasteiger partial charge >= 0.3 is 0 Å². The Balaban J connectivity index is 1.73. The van der Waals surface area contributed by atoms with Crippen molar-refractivity contribution in [3.8, 4) is 0 Å². The Bertz CT molecular complexity index is 497. The summed E-state index contributed by atoms with van der Waals surface area (Å²) in [6.07, 6.45) is 5.82. The van der Waals surface area contributed by atoms with E-state index in [0.717, 1.165) is 17.4 Å². The Kier molecular flexibility index (Phi) is 4.40. The van der Waals surface area contributed by atoms with E-state index < -0.39 is 0 Å². The molecule has 18 heavy (non-hydrogen) atoms. The number of carbonyl (C=O) groups is 1. The predicted molar refractivity (Wildman–Crippen MR) is 68.9 cm³/mol. The van der Waals surface area contributed by atoms with Gasteiger partial charge in [0, 0.05) is 30.0 Å². The van der Waals surface area contributed by atoms with Crippen molar-refractivity contribution in [3.05, 3.63) is 40.9 Å². The number of amides is 1. The lowest BCUT2D eigenvalue weighted by Gasteiger charge is -2.04. The smallest absolute Gasteiger partial charge is 0.269 e. The lowest BCUT2D eigenvalue weighted by Crippen LogP contribution is -2.26. The topological polar surface area (TPSA) is 72.7 Å². The van der Waals surface area contributed by atoms with E-state index in [9.17, 15) is 4.79 Å². The third-order valence-corrected chi connectivity index (χ3v) is 2.75. The highest BCUT2D eigenvalue weighted by atomic mass is 79.9. The Morgan fingerprint density at radius 1 is 1.44 bits per heavy atom. The van der Waals surface area contributed by atoms with Gasteiger partial charge in [0.15, 0.2) is 0 Å². The van der Waals surface area contributed by atoms with Gasteiger partial charge in [-0.05, 0) is 34.5 Å². The van der Waals surface area contributed by atoms with Crippen molar-refractivity contribution in [1.82, 2.24) is 25.3 Å². The maximum absolute atomic E-state index is 11.7. The molecule has 0 bridgehead atoms. The van der Waals surface area contributed by atoms with E-state index in [0.29, 0.717) is 12.2 Å². The fourth-order valence-electron chi connectivity index (χ4n) is 1.40. The van der Waals surface area contributed by atoms with E-state index in [-0.39, 0.29) is 5.91 Å². The molecule has 0 unspecified atom stereocenters. The minimum absolute atomic E-state index is 0.166. The zero-order valence-electron chi connectivity index (χ0n) is 9.58. The van der Waals surface area contributed by atoms with Crippen molar-refractivity contribution in [2.75, 3.05) is 6.54 Å². The summed E-state index contributed by atoms with van der Waals surface area (Å²) in [7, 11) is 0. The molecule has 0 saturated carbocycles. The van der Waals surface area contributed by atoms with E-state index in [1.807, 2.05) is 0 Å². The second-order valence-corrected chi connectivity index (χ2v) is 4.55. The number of nitrogens with one attached hydrogen (secondary N) is 1. The number of nitrogens with zero attached hydrogens (tertiary/aromatic N) is 4. The summed E-state index contributed by atoms with van der Waals surface area (Å²) < 4.78 is 2.58. The summed E-state index contributed by atoms with van der Waals surface area (Å²) in [5, 5.41) is 10.3. The van der Waals surface area contributed by atoms with E-state index in [1.165, 1.54) is 0 Å². The average Bonchev–Trinajstić information content (AvgIpc) is 2.88. The SMILES string of the molecule is O=C(NCCCn1ccnn1)c1ccc(Br)cn1. The number of aryl methyl sites for hydroxylation is 1. The van der Waals surface area contributed by atoms with Crippen molar-refractivity contribution in [3.63, 3.8) is 0 Å². The third-order valence-electron chi connectivity index (χ3n) is 2.28. The number of halogens is 1. The molecule has 0 aliphatic carbocycles. The number of pyridine rings is 1. The number of aromatic nitrogens is 4. The van der Waals surface area contributed by atoms with Crippen molar-refractivity contribution in [1.29, 1.82) is 0 Å². The molecule has 2 rings (SSSR count). The van der Waals surface area contributed by atoms with Gasteiger partial charge in [-0.1, -0.05) is 5.21 Å². The molecule has 0 fully saturated rings. The van der Waals surface area contributed by atoms with Gasteiger partial charge in [-0.3, -0.25) is 9.48 Å². The molecule has 0 aromatic carbocycles. The summed E-state index contributed by atoms with van der Waals surface area (Å²) in [4.78, 5) is 15.7. The van der Waals surface area contributed by atoms with Gasteiger partial charge in [0.1, 0.15) is 5.69 Å². The summed E-state index contributed by atoms with van der Waals surface area (Å²) in [6, 6.07) is 3.47. The van der Waals surface area contributed by atoms with E-state index in [1.54, 1.807) is 35.4 Å². The molecule has 2 heterocycles. The highest BCUT2D eigenvalue weighted by Crippen LogP contribution is 2.07. The molecule has 7 heteroatoms. The first kappa shape index (κ1) is 12.7. The molecule has 6 nitrogen and oxygen atoms in total. The van der Waals surface area contributed by atoms with Crippen molar-refractivity contribution in [2.24, 2.45) is 0 Å². The van der Waals surface area contributed by atoms with Crippen LogP contribution in [0.2, 0.25) is 0 Å². The summed E-state index contributed by atoms with van der Waals surface area (Å²) in [5.41, 5.74) is 0.416. The maximum Gasteiger partial charge on any atom is 0.269 e. The molecule has 0 saturated heterocycles. The Morgan fingerprint density at radius 3 is 3.00 bits per heavy atom. The second-order valence-electron chi connectivity index (χ2n) is 3.64. The van der Waals surface area contributed by atoms with Crippen LogP contribution in [0.15, 0.2) is 35.2 Å². The first-order valence-corrected chi connectivity index (χ1v) is 6.29. The summed E-state index contributed by atoms with van der Waals surface area (Å²) in [6.45, 7) is 1.31. The summed E-state index contributed by atoms with van der Waals surface area (Å²) in [5.74, 6) is -0.166. The number of rotatable bonds is 5. The van der Waals surface area contributed by atoms with Crippen LogP contribution in [0.3, 0.4) is 0 Å². The molecule has 2 aromatic rings. The molecule has 0 spiro atoms. The van der Waals surface area contributed by atoms with Crippen LogP contribution < -0.4 is 5.32 Å². The second kappa shape index (κ2) is 6.25. The van der Waals surface area contributed by atoms with Crippen LogP contribution in [0.5, 0.6) is 0 Å². The lowest BCUT2D eigenvalue weighted by molar-refractivity contribution is 0.0947. The zero-order valence-corrected chi connectivity index (χ0v) is 11.2. The normalized spacial score (nSPS) is 10.3. The van der Waals surface area contributed by atoms with Gasteiger partial charge in [-0.15, -0.1) is 5.10 Å². The van der Waals surface area contributed by atoms with Crippen LogP contribution in [-0.4, -0.2) is 32.4 Å². The molecule has 94 valence electrons. The first-order chi connectivity index (χ1) is 8.75. The molecule has 1 N–H and O–H groups in total. The Hall–Kier alpha value is -1.76. The maximum atomic E-state index is 11.7. The first-order valence-electron chi connectivity index (χ1n) is 5.49. The van der Waals surface area contributed by atoms with E-state index in [2.05, 4.69) is 36.5 Å². The van der Waals surface area contributed by atoms with Gasteiger partial charge in [0.05, 0.1) is 6.20 Å². The van der Waals surface area contributed by atoms with Crippen LogP contribution in [0.25, 0.3) is 0 Å². The monoisotopic (exact) mass is 309 g/mol. The standard InChI is InChI=1S/C11H12BrN5O/c12-9-2-3-10(14-8-9)11(18)13-4-1-6-17-7-5-15-16-17/h2-3,5,7-8H,1,4,6H2,(H,13,18).